The number of methoxy groups -OCH3 is 1. The van der Waals surface area contributed by atoms with Gasteiger partial charge in [-0.2, -0.15) is 0 Å². The number of amides is 2. The SMILES string of the molecule is CCOC(=O)c1cccc(N=C2SC(=Cc3ccc(OCC(=O)Nc4ccc(C)cc4)c(OC)c3)C(=O)N2C)c1. The predicted molar refractivity (Wildman–Crippen MR) is 156 cm³/mol. The number of carbonyl (C=O) groups excluding carboxylic acids is 3. The second kappa shape index (κ2) is 13.0. The number of carbonyl (C=O) groups is 3. The van der Waals surface area contributed by atoms with E-state index in [1.54, 1.807) is 62.5 Å². The molecular weight excluding hydrogens is 530 g/mol. The van der Waals surface area contributed by atoms with Crippen molar-refractivity contribution in [3.05, 3.63) is 88.3 Å². The highest BCUT2D eigenvalue weighted by Gasteiger charge is 2.30. The van der Waals surface area contributed by atoms with Gasteiger partial charge < -0.3 is 19.5 Å². The molecule has 0 aromatic heterocycles. The number of thioether (sulfide) groups is 1. The number of hydrogen-bond donors (Lipinski definition) is 1. The van der Waals surface area contributed by atoms with Crippen molar-refractivity contribution in [3.63, 3.8) is 0 Å². The van der Waals surface area contributed by atoms with Gasteiger partial charge in [0.1, 0.15) is 0 Å². The molecule has 1 heterocycles. The van der Waals surface area contributed by atoms with Crippen LogP contribution in [-0.4, -0.2) is 55.2 Å². The lowest BCUT2D eigenvalue weighted by atomic mass is 10.2. The van der Waals surface area contributed by atoms with E-state index in [4.69, 9.17) is 14.2 Å². The summed E-state index contributed by atoms with van der Waals surface area (Å²) in [4.78, 5) is 43.8. The Balaban J connectivity index is 1.45. The zero-order valence-electron chi connectivity index (χ0n) is 22.6. The van der Waals surface area contributed by atoms with E-state index < -0.39 is 5.97 Å². The number of ether oxygens (including phenoxy) is 3. The minimum atomic E-state index is -0.429. The lowest BCUT2D eigenvalue weighted by Crippen LogP contribution is -2.23. The Morgan fingerprint density at radius 1 is 1.05 bits per heavy atom. The van der Waals surface area contributed by atoms with Gasteiger partial charge >= 0.3 is 5.97 Å². The smallest absolute Gasteiger partial charge is 0.338 e. The molecule has 0 saturated carbocycles. The van der Waals surface area contributed by atoms with E-state index in [2.05, 4.69) is 10.3 Å². The summed E-state index contributed by atoms with van der Waals surface area (Å²) in [5.74, 6) is -0.118. The molecule has 3 aromatic carbocycles. The van der Waals surface area contributed by atoms with Crippen LogP contribution in [0.5, 0.6) is 11.5 Å². The molecule has 0 atom stereocenters. The van der Waals surface area contributed by atoms with Gasteiger partial charge in [-0.1, -0.05) is 29.8 Å². The van der Waals surface area contributed by atoms with E-state index in [0.717, 1.165) is 5.56 Å². The van der Waals surface area contributed by atoms with Gasteiger partial charge in [0.25, 0.3) is 11.8 Å². The minimum absolute atomic E-state index is 0.193. The molecule has 2 amide bonds. The van der Waals surface area contributed by atoms with Crippen molar-refractivity contribution in [2.45, 2.75) is 13.8 Å². The number of amidine groups is 1. The van der Waals surface area contributed by atoms with Crippen molar-refractivity contribution in [2.24, 2.45) is 4.99 Å². The summed E-state index contributed by atoms with van der Waals surface area (Å²) in [6, 6.07) is 19.4. The Hall–Kier alpha value is -4.57. The maximum atomic E-state index is 12.9. The van der Waals surface area contributed by atoms with E-state index in [0.29, 0.717) is 44.1 Å². The maximum absolute atomic E-state index is 12.9. The van der Waals surface area contributed by atoms with E-state index in [1.807, 2.05) is 31.2 Å². The summed E-state index contributed by atoms with van der Waals surface area (Å²) < 4.78 is 16.2. The third-order valence-electron chi connectivity index (χ3n) is 5.77. The predicted octanol–water partition coefficient (Wildman–Crippen LogP) is 5.43. The molecule has 1 saturated heterocycles. The van der Waals surface area contributed by atoms with Crippen LogP contribution in [0.15, 0.2) is 76.6 Å². The summed E-state index contributed by atoms with van der Waals surface area (Å²) in [7, 11) is 3.15. The second-order valence-electron chi connectivity index (χ2n) is 8.75. The number of hydrogen-bond acceptors (Lipinski definition) is 8. The van der Waals surface area contributed by atoms with E-state index in [9.17, 15) is 14.4 Å². The van der Waals surface area contributed by atoms with Crippen LogP contribution in [0.1, 0.15) is 28.4 Å². The standard InChI is InChI=1S/C30H29N3O6S/c1-5-38-29(36)21-7-6-8-23(17-21)32-30-33(3)28(35)26(40-30)16-20-11-14-24(25(15-20)37-4)39-18-27(34)31-22-12-9-19(2)10-13-22/h6-17H,5,18H2,1-4H3,(H,31,34). The third-order valence-corrected chi connectivity index (χ3v) is 6.83. The Labute approximate surface area is 236 Å². The normalized spacial score (nSPS) is 14.9. The first-order valence-electron chi connectivity index (χ1n) is 12.5. The Morgan fingerprint density at radius 3 is 2.55 bits per heavy atom. The van der Waals surface area contributed by atoms with Crippen LogP contribution >= 0.6 is 11.8 Å². The van der Waals surface area contributed by atoms with E-state index >= 15 is 0 Å². The van der Waals surface area contributed by atoms with Crippen LogP contribution in [0.4, 0.5) is 11.4 Å². The Morgan fingerprint density at radius 2 is 1.82 bits per heavy atom. The number of esters is 1. The van der Waals surface area contributed by atoms with Crippen LogP contribution in [0, 0.1) is 6.92 Å². The second-order valence-corrected chi connectivity index (χ2v) is 9.76. The lowest BCUT2D eigenvalue weighted by molar-refractivity contribution is -0.121. The molecule has 0 radical (unpaired) electrons. The minimum Gasteiger partial charge on any atom is -0.493 e. The van der Waals surface area contributed by atoms with Gasteiger partial charge in [0, 0.05) is 12.7 Å². The van der Waals surface area contributed by atoms with Gasteiger partial charge in [-0.05, 0) is 79.7 Å². The monoisotopic (exact) mass is 559 g/mol. The summed E-state index contributed by atoms with van der Waals surface area (Å²) in [6.07, 6.45) is 1.73. The van der Waals surface area contributed by atoms with Crippen LogP contribution < -0.4 is 14.8 Å². The molecule has 206 valence electrons. The number of anilines is 1. The number of likely N-dealkylation sites (N-methyl/N-ethyl adjacent to an activating group) is 1. The van der Waals surface area contributed by atoms with Gasteiger partial charge in [-0.15, -0.1) is 0 Å². The zero-order valence-corrected chi connectivity index (χ0v) is 23.4. The highest BCUT2D eigenvalue weighted by atomic mass is 32.2. The highest BCUT2D eigenvalue weighted by Crippen LogP contribution is 2.35. The molecule has 3 aromatic rings. The summed E-state index contributed by atoms with van der Waals surface area (Å²) in [6.45, 7) is 3.80. The first-order chi connectivity index (χ1) is 19.3. The quantitative estimate of drug-likeness (QED) is 0.275. The number of nitrogens with zero attached hydrogens (tertiary/aromatic N) is 2. The molecule has 0 unspecified atom stereocenters. The lowest BCUT2D eigenvalue weighted by Gasteiger charge is -2.12. The number of aliphatic imine (C=N–C) groups is 1. The molecule has 10 heteroatoms. The molecule has 1 fully saturated rings. The molecule has 0 bridgehead atoms. The summed E-state index contributed by atoms with van der Waals surface area (Å²) >= 11 is 1.22. The van der Waals surface area contributed by atoms with Crippen LogP contribution in [0.3, 0.4) is 0 Å². The van der Waals surface area contributed by atoms with Gasteiger partial charge in [0.15, 0.2) is 23.3 Å². The molecule has 0 aliphatic carbocycles. The molecule has 1 N–H and O–H groups in total. The molecular formula is C30H29N3O6S. The first-order valence-corrected chi connectivity index (χ1v) is 13.3. The highest BCUT2D eigenvalue weighted by molar-refractivity contribution is 8.18. The molecule has 1 aliphatic rings. The molecule has 0 spiro atoms. The molecule has 40 heavy (non-hydrogen) atoms. The van der Waals surface area contributed by atoms with Crippen LogP contribution in [-0.2, 0) is 14.3 Å². The fourth-order valence-corrected chi connectivity index (χ4v) is 4.69. The van der Waals surface area contributed by atoms with Crippen molar-refractivity contribution in [1.82, 2.24) is 4.90 Å². The van der Waals surface area contributed by atoms with Crippen LogP contribution in [0.25, 0.3) is 6.08 Å². The third kappa shape index (κ3) is 7.09. The van der Waals surface area contributed by atoms with Gasteiger partial charge in [-0.25, -0.2) is 9.79 Å². The topological polar surface area (TPSA) is 107 Å². The van der Waals surface area contributed by atoms with Crippen molar-refractivity contribution < 1.29 is 28.6 Å². The molecule has 9 nitrogen and oxygen atoms in total. The molecule has 1 aliphatic heterocycles. The Kier molecular flexibility index (Phi) is 9.23. The summed E-state index contributed by atoms with van der Waals surface area (Å²) in [5.41, 5.74) is 3.42. The van der Waals surface area contributed by atoms with Crippen LogP contribution in [0.2, 0.25) is 0 Å². The van der Waals surface area contributed by atoms with Gasteiger partial charge in [0.2, 0.25) is 0 Å². The van der Waals surface area contributed by atoms with Gasteiger partial charge in [-0.3, -0.25) is 14.5 Å². The van der Waals surface area contributed by atoms with E-state index in [1.165, 1.54) is 23.8 Å². The number of rotatable bonds is 9. The number of nitrogens with one attached hydrogen (secondary N) is 1. The van der Waals surface area contributed by atoms with Crippen molar-refractivity contribution >= 4 is 52.2 Å². The average Bonchev–Trinajstić information content (AvgIpc) is 3.21. The number of benzene rings is 3. The average molecular weight is 560 g/mol. The van der Waals surface area contributed by atoms with Crippen molar-refractivity contribution in [1.29, 1.82) is 0 Å². The fraction of sp³-hybridized carbons (Fsp3) is 0.200. The van der Waals surface area contributed by atoms with Crippen molar-refractivity contribution in [2.75, 3.05) is 32.7 Å². The van der Waals surface area contributed by atoms with E-state index in [-0.39, 0.29) is 25.0 Å². The molecule has 4 rings (SSSR count). The summed E-state index contributed by atoms with van der Waals surface area (Å²) in [5, 5.41) is 3.26. The van der Waals surface area contributed by atoms with Gasteiger partial charge in [0.05, 0.1) is 29.9 Å². The maximum Gasteiger partial charge on any atom is 0.338 e. The first kappa shape index (κ1) is 28.4. The zero-order chi connectivity index (χ0) is 28.6. The largest absolute Gasteiger partial charge is 0.493 e. The van der Waals surface area contributed by atoms with Crippen molar-refractivity contribution in [3.8, 4) is 11.5 Å². The number of aryl methyl sites for hydroxylation is 1. The fourth-order valence-electron chi connectivity index (χ4n) is 3.70. The Bertz CT molecular complexity index is 1480.